The number of β-amino-alcohol motifs (C(OH)–C–C–N with tert-alkyl or cyclic N) is 1. The summed E-state index contributed by atoms with van der Waals surface area (Å²) in [6.07, 6.45) is 0.375. The Hall–Kier alpha value is -2.86. The van der Waals surface area contributed by atoms with Gasteiger partial charge in [0.1, 0.15) is 18.5 Å². The average molecular weight is 493 g/mol. The van der Waals surface area contributed by atoms with Crippen molar-refractivity contribution in [3.63, 3.8) is 0 Å². The first-order chi connectivity index (χ1) is 17.0. The number of benzene rings is 3. The molecular weight excluding hydrogens is 460 g/mol. The van der Waals surface area contributed by atoms with Gasteiger partial charge in [-0.25, -0.2) is 0 Å². The van der Waals surface area contributed by atoms with Gasteiger partial charge in [-0.2, -0.15) is 0 Å². The molecule has 0 spiro atoms. The smallest absolute Gasteiger partial charge is 0.166 e. The maximum absolute atomic E-state index is 12.9. The number of carbonyl (C=O) groups excluding carboxylic acids is 1. The van der Waals surface area contributed by atoms with Crippen LogP contribution >= 0.6 is 11.6 Å². The molecule has 1 heterocycles. The van der Waals surface area contributed by atoms with Gasteiger partial charge in [0.15, 0.2) is 5.78 Å². The predicted molar refractivity (Wildman–Crippen MR) is 142 cm³/mol. The third-order valence-electron chi connectivity index (χ3n) is 6.45. The molecule has 1 N–H and O–H groups in total. The highest BCUT2D eigenvalue weighted by molar-refractivity contribution is 6.31. The molecule has 1 saturated heterocycles. The molecule has 0 unspecified atom stereocenters. The van der Waals surface area contributed by atoms with Crippen molar-refractivity contribution in [1.29, 1.82) is 0 Å². The van der Waals surface area contributed by atoms with Gasteiger partial charge in [0.05, 0.1) is 5.56 Å². The van der Waals surface area contributed by atoms with Crippen molar-refractivity contribution < 1.29 is 14.6 Å². The number of aryl methyl sites for hydroxylation is 2. The second-order valence-corrected chi connectivity index (χ2v) is 9.52. The number of piperazine rings is 1. The van der Waals surface area contributed by atoms with Crippen LogP contribution in [0.25, 0.3) is 0 Å². The summed E-state index contributed by atoms with van der Waals surface area (Å²) in [5.41, 5.74) is 4.14. The standard InChI is InChI=1S/C29H33ClN2O3/c1-22-7-5-6-10-27(22)32-17-15-31(16-18-32)20-25(33)21-35-29-14-12-24(30)19-26(29)28(34)13-11-23-8-3-2-4-9-23/h2-10,12,14,19,25,33H,11,13,15-18,20-21H2,1H3/t25-/m1/s1. The Morgan fingerprint density at radius 1 is 1.00 bits per heavy atom. The van der Waals surface area contributed by atoms with Crippen LogP contribution in [0.3, 0.4) is 0 Å². The molecular formula is C29H33ClN2O3. The van der Waals surface area contributed by atoms with Gasteiger partial charge in [0.25, 0.3) is 0 Å². The highest BCUT2D eigenvalue weighted by atomic mass is 35.5. The van der Waals surface area contributed by atoms with E-state index in [0.717, 1.165) is 31.7 Å². The predicted octanol–water partition coefficient (Wildman–Crippen LogP) is 5.03. The number of ether oxygens (including phenoxy) is 1. The van der Waals surface area contributed by atoms with Gasteiger partial charge in [-0.1, -0.05) is 60.1 Å². The molecule has 0 aliphatic carbocycles. The Bertz CT molecular complexity index is 1110. The van der Waals surface area contributed by atoms with Crippen LogP contribution in [0.4, 0.5) is 5.69 Å². The van der Waals surface area contributed by atoms with Crippen molar-refractivity contribution in [2.24, 2.45) is 0 Å². The number of nitrogens with zero attached hydrogens (tertiary/aromatic N) is 2. The molecule has 0 radical (unpaired) electrons. The number of Topliss-reactive ketones (excluding diaryl/α,β-unsaturated/α-hetero) is 1. The fourth-order valence-corrected chi connectivity index (χ4v) is 4.68. The van der Waals surface area contributed by atoms with Crippen molar-refractivity contribution in [2.75, 3.05) is 44.2 Å². The molecule has 0 amide bonds. The van der Waals surface area contributed by atoms with E-state index in [1.807, 2.05) is 30.3 Å². The lowest BCUT2D eigenvalue weighted by atomic mass is 10.0. The van der Waals surface area contributed by atoms with Gasteiger partial charge in [0, 0.05) is 49.9 Å². The topological polar surface area (TPSA) is 53.0 Å². The van der Waals surface area contributed by atoms with E-state index in [1.165, 1.54) is 11.3 Å². The van der Waals surface area contributed by atoms with Gasteiger partial charge in [-0.3, -0.25) is 9.69 Å². The molecule has 1 aliphatic rings. The summed E-state index contributed by atoms with van der Waals surface area (Å²) in [7, 11) is 0. The van der Waals surface area contributed by atoms with Crippen LogP contribution in [0.15, 0.2) is 72.8 Å². The molecule has 5 nitrogen and oxygen atoms in total. The lowest BCUT2D eigenvalue weighted by molar-refractivity contribution is 0.0655. The lowest BCUT2D eigenvalue weighted by Crippen LogP contribution is -2.49. The number of ketones is 1. The third-order valence-corrected chi connectivity index (χ3v) is 6.69. The zero-order valence-corrected chi connectivity index (χ0v) is 21.0. The third kappa shape index (κ3) is 7.07. The second kappa shape index (κ2) is 12.2. The quantitative estimate of drug-likeness (QED) is 0.402. The SMILES string of the molecule is Cc1ccccc1N1CCN(C[C@@H](O)COc2ccc(Cl)cc2C(=O)CCc2ccccc2)CC1. The molecule has 3 aromatic carbocycles. The summed E-state index contributed by atoms with van der Waals surface area (Å²) in [6, 6.07) is 23.5. The average Bonchev–Trinajstić information content (AvgIpc) is 2.88. The number of para-hydroxylation sites is 1. The molecule has 3 aromatic rings. The van der Waals surface area contributed by atoms with Crippen molar-refractivity contribution in [3.05, 3.63) is 94.5 Å². The van der Waals surface area contributed by atoms with E-state index in [1.54, 1.807) is 18.2 Å². The highest BCUT2D eigenvalue weighted by Crippen LogP contribution is 2.25. The van der Waals surface area contributed by atoms with E-state index in [9.17, 15) is 9.90 Å². The van der Waals surface area contributed by atoms with Crippen molar-refractivity contribution in [2.45, 2.75) is 25.9 Å². The molecule has 0 bridgehead atoms. The summed E-state index contributed by atoms with van der Waals surface area (Å²) in [5, 5.41) is 11.1. The maximum atomic E-state index is 12.9. The molecule has 0 aromatic heterocycles. The second-order valence-electron chi connectivity index (χ2n) is 9.09. The molecule has 1 atom stereocenters. The number of anilines is 1. The first-order valence-electron chi connectivity index (χ1n) is 12.2. The first kappa shape index (κ1) is 25.2. The monoisotopic (exact) mass is 492 g/mol. The van der Waals surface area contributed by atoms with Crippen LogP contribution in [0.5, 0.6) is 5.75 Å². The van der Waals surface area contributed by atoms with Crippen molar-refractivity contribution in [1.82, 2.24) is 4.90 Å². The minimum atomic E-state index is -0.650. The van der Waals surface area contributed by atoms with E-state index in [-0.39, 0.29) is 12.4 Å². The van der Waals surface area contributed by atoms with Gasteiger partial charge >= 0.3 is 0 Å². The number of carbonyl (C=O) groups is 1. The van der Waals surface area contributed by atoms with Crippen molar-refractivity contribution in [3.8, 4) is 5.75 Å². The van der Waals surface area contributed by atoms with Crippen LogP contribution in [0.2, 0.25) is 5.02 Å². The molecule has 6 heteroatoms. The molecule has 4 rings (SSSR count). The fourth-order valence-electron chi connectivity index (χ4n) is 4.51. The van der Waals surface area contributed by atoms with E-state index in [4.69, 9.17) is 16.3 Å². The normalized spacial score (nSPS) is 15.1. The number of aliphatic hydroxyl groups excluding tert-OH is 1. The summed E-state index contributed by atoms with van der Waals surface area (Å²) >= 11 is 6.17. The van der Waals surface area contributed by atoms with Gasteiger partial charge < -0.3 is 14.7 Å². The minimum absolute atomic E-state index is 0.0202. The number of aliphatic hydroxyl groups is 1. The Kier molecular flexibility index (Phi) is 8.80. The highest BCUT2D eigenvalue weighted by Gasteiger charge is 2.21. The van der Waals surface area contributed by atoms with Crippen LogP contribution in [-0.4, -0.2) is 61.2 Å². The zero-order chi connectivity index (χ0) is 24.6. The maximum Gasteiger partial charge on any atom is 0.166 e. The molecule has 184 valence electrons. The Morgan fingerprint density at radius 3 is 2.46 bits per heavy atom. The van der Waals surface area contributed by atoms with Crippen LogP contribution in [0.1, 0.15) is 27.9 Å². The largest absolute Gasteiger partial charge is 0.490 e. The first-order valence-corrected chi connectivity index (χ1v) is 12.6. The fraction of sp³-hybridized carbons (Fsp3) is 0.345. The number of halogens is 1. The summed E-state index contributed by atoms with van der Waals surface area (Å²) in [6.45, 7) is 6.42. The molecule has 1 aliphatic heterocycles. The Morgan fingerprint density at radius 2 is 1.71 bits per heavy atom. The van der Waals surface area contributed by atoms with Crippen molar-refractivity contribution >= 4 is 23.1 Å². The summed E-state index contributed by atoms with van der Waals surface area (Å²) in [4.78, 5) is 17.6. The Labute approximate surface area is 212 Å². The number of rotatable bonds is 10. The molecule has 0 saturated carbocycles. The van der Waals surface area contributed by atoms with Gasteiger partial charge in [-0.05, 0) is 48.7 Å². The van der Waals surface area contributed by atoms with Gasteiger partial charge in [0.2, 0.25) is 0 Å². The number of hydrogen-bond acceptors (Lipinski definition) is 5. The Balaban J connectivity index is 1.27. The van der Waals surface area contributed by atoms with Crippen LogP contribution in [0, 0.1) is 6.92 Å². The van der Waals surface area contributed by atoms with E-state index < -0.39 is 6.10 Å². The van der Waals surface area contributed by atoms with Gasteiger partial charge in [-0.15, -0.1) is 0 Å². The molecule has 1 fully saturated rings. The lowest BCUT2D eigenvalue weighted by Gasteiger charge is -2.37. The zero-order valence-electron chi connectivity index (χ0n) is 20.2. The summed E-state index contributed by atoms with van der Waals surface area (Å²) in [5.74, 6) is 0.448. The summed E-state index contributed by atoms with van der Waals surface area (Å²) < 4.78 is 5.91. The number of hydrogen-bond donors (Lipinski definition) is 1. The van der Waals surface area contributed by atoms with Crippen LogP contribution in [-0.2, 0) is 6.42 Å². The van der Waals surface area contributed by atoms with E-state index in [0.29, 0.717) is 35.7 Å². The minimum Gasteiger partial charge on any atom is -0.490 e. The van der Waals surface area contributed by atoms with Crippen LogP contribution < -0.4 is 9.64 Å². The van der Waals surface area contributed by atoms with E-state index in [2.05, 4.69) is 41.0 Å². The van der Waals surface area contributed by atoms with E-state index >= 15 is 0 Å². The molecule has 35 heavy (non-hydrogen) atoms.